The number of benzene rings is 1. The van der Waals surface area contributed by atoms with Crippen molar-refractivity contribution in [3.05, 3.63) is 51.2 Å². The largest absolute Gasteiger partial charge is 0.310 e. The van der Waals surface area contributed by atoms with Crippen molar-refractivity contribution in [2.24, 2.45) is 0 Å². The molecular weight excluding hydrogens is 271 g/mol. The zero-order chi connectivity index (χ0) is 13.0. The number of nitrogens with one attached hydrogen (secondary N) is 1. The van der Waals surface area contributed by atoms with Gasteiger partial charge in [-0.05, 0) is 18.7 Å². The molecule has 1 aromatic heterocycles. The second-order valence-electron chi connectivity index (χ2n) is 3.91. The summed E-state index contributed by atoms with van der Waals surface area (Å²) in [6.07, 6.45) is 2.45. The Morgan fingerprint density at radius 1 is 1.50 bits per heavy atom. The molecule has 0 radical (unpaired) electrons. The molecule has 0 saturated carbocycles. The minimum absolute atomic E-state index is 0.0709. The van der Waals surface area contributed by atoms with Gasteiger partial charge in [0.1, 0.15) is 5.82 Å². The predicted molar refractivity (Wildman–Crippen MR) is 73.6 cm³/mol. The Kier molecular flexibility index (Phi) is 4.69. The van der Waals surface area contributed by atoms with Crippen molar-refractivity contribution in [2.45, 2.75) is 19.4 Å². The van der Waals surface area contributed by atoms with Crippen LogP contribution in [-0.2, 0) is 6.42 Å². The van der Waals surface area contributed by atoms with E-state index in [4.69, 9.17) is 11.6 Å². The van der Waals surface area contributed by atoms with Crippen LogP contribution < -0.4 is 5.32 Å². The topological polar surface area (TPSA) is 24.9 Å². The van der Waals surface area contributed by atoms with E-state index in [1.54, 1.807) is 29.7 Å². The molecule has 2 rings (SSSR count). The number of nitrogens with zero attached hydrogens (tertiary/aromatic N) is 1. The molecule has 0 aliphatic heterocycles. The molecule has 2 aromatic rings. The van der Waals surface area contributed by atoms with Gasteiger partial charge in [0.2, 0.25) is 0 Å². The van der Waals surface area contributed by atoms with Crippen molar-refractivity contribution in [3.63, 3.8) is 0 Å². The molecule has 0 spiro atoms. The Labute approximate surface area is 115 Å². The molecule has 0 aliphatic rings. The summed E-state index contributed by atoms with van der Waals surface area (Å²) in [6.45, 7) is 2.78. The summed E-state index contributed by atoms with van der Waals surface area (Å²) >= 11 is 7.35. The second kappa shape index (κ2) is 6.27. The Morgan fingerprint density at radius 2 is 2.33 bits per heavy atom. The molecule has 1 aromatic carbocycles. The van der Waals surface area contributed by atoms with Crippen molar-refractivity contribution >= 4 is 22.9 Å². The zero-order valence-electron chi connectivity index (χ0n) is 9.99. The van der Waals surface area contributed by atoms with Crippen molar-refractivity contribution in [3.8, 4) is 0 Å². The van der Waals surface area contributed by atoms with Crippen molar-refractivity contribution in [2.75, 3.05) is 6.54 Å². The summed E-state index contributed by atoms with van der Waals surface area (Å²) in [5, 5.41) is 6.62. The lowest BCUT2D eigenvalue weighted by atomic mass is 10.0. The summed E-state index contributed by atoms with van der Waals surface area (Å²) in [7, 11) is 0. The SMILES string of the molecule is CCNC(Cc1nccs1)c1ccc(Cl)cc1F. The number of hydrogen-bond donors (Lipinski definition) is 1. The Balaban J connectivity index is 2.23. The Bertz CT molecular complexity index is 502. The molecule has 0 bridgehead atoms. The highest BCUT2D eigenvalue weighted by molar-refractivity contribution is 7.09. The van der Waals surface area contributed by atoms with Crippen LogP contribution in [-0.4, -0.2) is 11.5 Å². The first-order valence-corrected chi connectivity index (χ1v) is 7.03. The normalized spacial score (nSPS) is 12.6. The van der Waals surface area contributed by atoms with Gasteiger partial charge in [0, 0.05) is 34.6 Å². The molecule has 0 fully saturated rings. The molecule has 1 N–H and O–H groups in total. The van der Waals surface area contributed by atoms with Crippen LogP contribution in [0.1, 0.15) is 23.5 Å². The molecular formula is C13H14ClFN2S. The fraction of sp³-hybridized carbons (Fsp3) is 0.308. The zero-order valence-corrected chi connectivity index (χ0v) is 11.6. The van der Waals surface area contributed by atoms with Gasteiger partial charge in [0.15, 0.2) is 0 Å². The lowest BCUT2D eigenvalue weighted by Gasteiger charge is -2.18. The van der Waals surface area contributed by atoms with E-state index in [2.05, 4.69) is 10.3 Å². The smallest absolute Gasteiger partial charge is 0.129 e. The minimum Gasteiger partial charge on any atom is -0.310 e. The first kappa shape index (κ1) is 13.5. The highest BCUT2D eigenvalue weighted by Gasteiger charge is 2.16. The molecule has 0 aliphatic carbocycles. The summed E-state index contributed by atoms with van der Waals surface area (Å²) in [4.78, 5) is 4.24. The van der Waals surface area contributed by atoms with Crippen LogP contribution in [0.3, 0.4) is 0 Å². The van der Waals surface area contributed by atoms with Crippen LogP contribution in [0.4, 0.5) is 4.39 Å². The lowest BCUT2D eigenvalue weighted by molar-refractivity contribution is 0.509. The van der Waals surface area contributed by atoms with Crippen molar-refractivity contribution < 1.29 is 4.39 Å². The maximum atomic E-state index is 13.9. The number of hydrogen-bond acceptors (Lipinski definition) is 3. The van der Waals surface area contributed by atoms with E-state index in [9.17, 15) is 4.39 Å². The van der Waals surface area contributed by atoms with E-state index >= 15 is 0 Å². The van der Waals surface area contributed by atoms with Gasteiger partial charge in [0.25, 0.3) is 0 Å². The van der Waals surface area contributed by atoms with E-state index in [1.165, 1.54) is 6.07 Å². The third-order valence-electron chi connectivity index (χ3n) is 2.65. The van der Waals surface area contributed by atoms with Gasteiger partial charge < -0.3 is 5.32 Å². The lowest BCUT2D eigenvalue weighted by Crippen LogP contribution is -2.23. The average molecular weight is 285 g/mol. The quantitative estimate of drug-likeness (QED) is 0.903. The molecule has 2 nitrogen and oxygen atoms in total. The fourth-order valence-corrected chi connectivity index (χ4v) is 2.67. The van der Waals surface area contributed by atoms with E-state index in [1.807, 2.05) is 12.3 Å². The van der Waals surface area contributed by atoms with Gasteiger partial charge in [-0.2, -0.15) is 0 Å². The summed E-state index contributed by atoms with van der Waals surface area (Å²) in [5.41, 5.74) is 0.636. The molecule has 18 heavy (non-hydrogen) atoms. The predicted octanol–water partition coefficient (Wildman–Crippen LogP) is 3.83. The molecule has 0 saturated heterocycles. The monoisotopic (exact) mass is 284 g/mol. The van der Waals surface area contributed by atoms with E-state index in [-0.39, 0.29) is 11.9 Å². The van der Waals surface area contributed by atoms with Gasteiger partial charge in [-0.1, -0.05) is 24.6 Å². The molecule has 1 atom stereocenters. The van der Waals surface area contributed by atoms with Gasteiger partial charge in [-0.3, -0.25) is 0 Å². The van der Waals surface area contributed by atoms with Gasteiger partial charge in [-0.25, -0.2) is 9.37 Å². The second-order valence-corrected chi connectivity index (χ2v) is 5.32. The fourth-order valence-electron chi connectivity index (χ4n) is 1.85. The van der Waals surface area contributed by atoms with Gasteiger partial charge in [0.05, 0.1) is 5.01 Å². The molecule has 96 valence electrons. The Hall–Kier alpha value is -0.970. The first-order chi connectivity index (χ1) is 8.70. The number of thiazole rings is 1. The summed E-state index contributed by atoms with van der Waals surface area (Å²) in [6, 6.07) is 4.73. The summed E-state index contributed by atoms with van der Waals surface area (Å²) in [5.74, 6) is -0.273. The van der Waals surface area contributed by atoms with Crippen LogP contribution in [0.25, 0.3) is 0 Å². The molecule has 1 heterocycles. The molecule has 0 amide bonds. The van der Waals surface area contributed by atoms with Crippen LogP contribution >= 0.6 is 22.9 Å². The average Bonchev–Trinajstić information content (AvgIpc) is 2.81. The van der Waals surface area contributed by atoms with Crippen LogP contribution in [0.15, 0.2) is 29.8 Å². The number of aromatic nitrogens is 1. The Morgan fingerprint density at radius 3 is 2.94 bits per heavy atom. The van der Waals surface area contributed by atoms with Crippen LogP contribution in [0.2, 0.25) is 5.02 Å². The van der Waals surface area contributed by atoms with Gasteiger partial charge >= 0.3 is 0 Å². The van der Waals surface area contributed by atoms with Crippen LogP contribution in [0, 0.1) is 5.82 Å². The van der Waals surface area contributed by atoms with E-state index < -0.39 is 0 Å². The maximum Gasteiger partial charge on any atom is 0.129 e. The molecule has 5 heteroatoms. The van der Waals surface area contributed by atoms with Crippen LogP contribution in [0.5, 0.6) is 0 Å². The highest BCUT2D eigenvalue weighted by Crippen LogP contribution is 2.24. The van der Waals surface area contributed by atoms with E-state index in [0.29, 0.717) is 17.0 Å². The van der Waals surface area contributed by atoms with Crippen molar-refractivity contribution in [1.82, 2.24) is 10.3 Å². The number of rotatable bonds is 5. The molecule has 1 unspecified atom stereocenters. The minimum atomic E-state index is -0.273. The third-order valence-corrected chi connectivity index (χ3v) is 3.69. The van der Waals surface area contributed by atoms with E-state index in [0.717, 1.165) is 11.6 Å². The number of likely N-dealkylation sites (N-methyl/N-ethyl adjacent to an activating group) is 1. The third kappa shape index (κ3) is 3.28. The van der Waals surface area contributed by atoms with Gasteiger partial charge in [-0.15, -0.1) is 11.3 Å². The summed E-state index contributed by atoms with van der Waals surface area (Å²) < 4.78 is 13.9. The number of halogens is 2. The standard InChI is InChI=1S/C13H14ClFN2S/c1-2-16-12(8-13-17-5-6-18-13)10-4-3-9(14)7-11(10)15/h3-7,12,16H,2,8H2,1H3. The highest BCUT2D eigenvalue weighted by atomic mass is 35.5. The first-order valence-electron chi connectivity index (χ1n) is 5.77. The maximum absolute atomic E-state index is 13.9. The van der Waals surface area contributed by atoms with Crippen molar-refractivity contribution in [1.29, 1.82) is 0 Å².